The maximum Gasteiger partial charge on any atom is 0.137 e. The fraction of sp³-hybridized carbons (Fsp3) is 0.333. The molecule has 0 saturated carbocycles. The van der Waals surface area contributed by atoms with E-state index in [0.29, 0.717) is 6.61 Å². The van der Waals surface area contributed by atoms with Crippen LogP contribution in [0.25, 0.3) is 0 Å². The zero-order valence-electron chi connectivity index (χ0n) is 12.5. The second kappa shape index (κ2) is 6.84. The van der Waals surface area contributed by atoms with Crippen molar-refractivity contribution in [2.75, 3.05) is 0 Å². The highest BCUT2D eigenvalue weighted by Gasteiger charge is 2.02. The summed E-state index contributed by atoms with van der Waals surface area (Å²) in [6.45, 7) is 4.08. The molecule has 0 amide bonds. The van der Waals surface area contributed by atoms with Gasteiger partial charge in [0.2, 0.25) is 0 Å². The Morgan fingerprint density at radius 3 is 2.68 bits per heavy atom. The van der Waals surface area contributed by atoms with Gasteiger partial charge in [-0.1, -0.05) is 22.9 Å². The predicted molar refractivity (Wildman–Crippen MR) is 80.2 cm³/mol. The van der Waals surface area contributed by atoms with Gasteiger partial charge >= 0.3 is 0 Å². The second-order valence-corrected chi connectivity index (χ2v) is 5.09. The SMILES string of the molecule is Cc1ccc(OCc2cn(CCCn3cncn3)nn2)cc1. The highest BCUT2D eigenvalue weighted by molar-refractivity contribution is 5.26. The van der Waals surface area contributed by atoms with Gasteiger partial charge in [0.1, 0.15) is 30.7 Å². The van der Waals surface area contributed by atoms with E-state index < -0.39 is 0 Å². The van der Waals surface area contributed by atoms with Crippen molar-refractivity contribution in [3.8, 4) is 5.75 Å². The van der Waals surface area contributed by atoms with Crippen molar-refractivity contribution in [2.24, 2.45) is 0 Å². The summed E-state index contributed by atoms with van der Waals surface area (Å²) >= 11 is 0. The van der Waals surface area contributed by atoms with Gasteiger partial charge < -0.3 is 4.74 Å². The minimum Gasteiger partial charge on any atom is -0.487 e. The van der Waals surface area contributed by atoms with Crippen LogP contribution in [0.3, 0.4) is 0 Å². The molecule has 22 heavy (non-hydrogen) atoms. The Kier molecular flexibility index (Phi) is 4.43. The minimum absolute atomic E-state index is 0.423. The van der Waals surface area contributed by atoms with Crippen molar-refractivity contribution in [3.05, 3.63) is 54.4 Å². The van der Waals surface area contributed by atoms with Crippen molar-refractivity contribution in [3.63, 3.8) is 0 Å². The zero-order chi connectivity index (χ0) is 15.2. The molecule has 0 spiro atoms. The van der Waals surface area contributed by atoms with E-state index in [9.17, 15) is 0 Å². The van der Waals surface area contributed by atoms with Gasteiger partial charge in [0, 0.05) is 13.1 Å². The lowest BCUT2D eigenvalue weighted by Crippen LogP contribution is -2.05. The van der Waals surface area contributed by atoms with Gasteiger partial charge in [-0.15, -0.1) is 5.10 Å². The number of hydrogen-bond acceptors (Lipinski definition) is 5. The molecule has 0 bridgehead atoms. The Morgan fingerprint density at radius 1 is 1.09 bits per heavy atom. The van der Waals surface area contributed by atoms with E-state index in [4.69, 9.17) is 4.74 Å². The van der Waals surface area contributed by atoms with Crippen LogP contribution in [0.1, 0.15) is 17.7 Å². The smallest absolute Gasteiger partial charge is 0.137 e. The van der Waals surface area contributed by atoms with Gasteiger partial charge in [-0.05, 0) is 25.5 Å². The molecule has 0 saturated heterocycles. The van der Waals surface area contributed by atoms with Crippen molar-refractivity contribution in [1.82, 2.24) is 29.8 Å². The van der Waals surface area contributed by atoms with E-state index in [2.05, 4.69) is 27.3 Å². The molecule has 7 heteroatoms. The van der Waals surface area contributed by atoms with E-state index in [1.54, 1.807) is 11.0 Å². The van der Waals surface area contributed by atoms with Crippen LogP contribution in [0.2, 0.25) is 0 Å². The molecular weight excluding hydrogens is 280 g/mol. The lowest BCUT2D eigenvalue weighted by Gasteiger charge is -2.03. The molecule has 0 aliphatic rings. The highest BCUT2D eigenvalue weighted by Crippen LogP contribution is 2.12. The Balaban J connectivity index is 1.45. The lowest BCUT2D eigenvalue weighted by molar-refractivity contribution is 0.301. The summed E-state index contributed by atoms with van der Waals surface area (Å²) in [5.41, 5.74) is 2.03. The van der Waals surface area contributed by atoms with E-state index in [1.165, 1.54) is 11.9 Å². The maximum absolute atomic E-state index is 5.69. The summed E-state index contributed by atoms with van der Waals surface area (Å²) in [6, 6.07) is 7.96. The molecule has 1 aromatic carbocycles. The molecule has 0 aliphatic carbocycles. The fourth-order valence-corrected chi connectivity index (χ4v) is 2.05. The Bertz CT molecular complexity index is 689. The first-order valence-corrected chi connectivity index (χ1v) is 7.20. The van der Waals surface area contributed by atoms with Crippen LogP contribution in [0.5, 0.6) is 5.75 Å². The van der Waals surface area contributed by atoms with Crippen LogP contribution in [-0.4, -0.2) is 29.8 Å². The first-order chi connectivity index (χ1) is 10.8. The van der Waals surface area contributed by atoms with E-state index in [0.717, 1.165) is 31.0 Å². The third-order valence-corrected chi connectivity index (χ3v) is 3.23. The van der Waals surface area contributed by atoms with Crippen molar-refractivity contribution in [2.45, 2.75) is 33.0 Å². The third-order valence-electron chi connectivity index (χ3n) is 3.23. The van der Waals surface area contributed by atoms with Gasteiger partial charge in [-0.2, -0.15) is 5.10 Å². The minimum atomic E-state index is 0.423. The van der Waals surface area contributed by atoms with Gasteiger partial charge in [-0.3, -0.25) is 9.36 Å². The average Bonchev–Trinajstić information content (AvgIpc) is 3.19. The molecule has 0 N–H and O–H groups in total. The highest BCUT2D eigenvalue weighted by atomic mass is 16.5. The molecule has 0 unspecified atom stereocenters. The van der Waals surface area contributed by atoms with E-state index in [1.807, 2.05) is 35.1 Å². The van der Waals surface area contributed by atoms with Crippen LogP contribution in [0.4, 0.5) is 0 Å². The number of ether oxygens (including phenoxy) is 1. The topological polar surface area (TPSA) is 70.7 Å². The molecule has 2 heterocycles. The third kappa shape index (κ3) is 3.91. The van der Waals surface area contributed by atoms with Crippen LogP contribution in [0.15, 0.2) is 43.1 Å². The first kappa shape index (κ1) is 14.2. The average molecular weight is 298 g/mol. The number of aromatic nitrogens is 6. The van der Waals surface area contributed by atoms with Crippen LogP contribution >= 0.6 is 0 Å². The molecule has 2 aromatic heterocycles. The molecule has 0 fully saturated rings. The van der Waals surface area contributed by atoms with E-state index in [-0.39, 0.29) is 0 Å². The number of aryl methyl sites for hydroxylation is 3. The fourth-order valence-electron chi connectivity index (χ4n) is 2.05. The Hall–Kier alpha value is -2.70. The Morgan fingerprint density at radius 2 is 1.91 bits per heavy atom. The monoisotopic (exact) mass is 298 g/mol. The molecule has 0 radical (unpaired) electrons. The maximum atomic E-state index is 5.69. The molecule has 3 aromatic rings. The van der Waals surface area contributed by atoms with Gasteiger partial charge in [0.05, 0.1) is 6.20 Å². The number of hydrogen-bond donors (Lipinski definition) is 0. The number of rotatable bonds is 7. The summed E-state index contributed by atoms with van der Waals surface area (Å²) in [5.74, 6) is 0.839. The molecule has 114 valence electrons. The zero-order valence-corrected chi connectivity index (χ0v) is 12.5. The van der Waals surface area contributed by atoms with E-state index >= 15 is 0 Å². The summed E-state index contributed by atoms with van der Waals surface area (Å²) < 4.78 is 9.31. The molecule has 7 nitrogen and oxygen atoms in total. The molecular formula is C15H18N6O. The number of benzene rings is 1. The predicted octanol–water partition coefficient (Wildman–Crippen LogP) is 1.85. The van der Waals surface area contributed by atoms with Crippen molar-refractivity contribution >= 4 is 0 Å². The van der Waals surface area contributed by atoms with Gasteiger partial charge in [0.25, 0.3) is 0 Å². The molecule has 3 rings (SSSR count). The normalized spacial score (nSPS) is 10.8. The van der Waals surface area contributed by atoms with Crippen LogP contribution in [0, 0.1) is 6.92 Å². The summed E-state index contributed by atoms with van der Waals surface area (Å²) in [6.07, 6.45) is 6.08. The van der Waals surface area contributed by atoms with Crippen molar-refractivity contribution < 1.29 is 4.74 Å². The number of nitrogens with zero attached hydrogens (tertiary/aromatic N) is 6. The largest absolute Gasteiger partial charge is 0.487 e. The van der Waals surface area contributed by atoms with Crippen molar-refractivity contribution in [1.29, 1.82) is 0 Å². The standard InChI is InChI=1S/C15H18N6O/c1-13-3-5-15(6-4-13)22-10-14-9-20(19-18-14)7-2-8-21-12-16-11-17-21/h3-6,9,11-12H,2,7-8,10H2,1H3. The molecule has 0 aliphatic heterocycles. The van der Waals surface area contributed by atoms with Crippen LogP contribution in [-0.2, 0) is 19.7 Å². The van der Waals surface area contributed by atoms with Gasteiger partial charge in [-0.25, -0.2) is 4.98 Å². The summed E-state index contributed by atoms with van der Waals surface area (Å²) in [5, 5.41) is 12.3. The first-order valence-electron chi connectivity index (χ1n) is 7.20. The summed E-state index contributed by atoms with van der Waals surface area (Å²) in [4.78, 5) is 3.91. The van der Waals surface area contributed by atoms with Gasteiger partial charge in [0.15, 0.2) is 0 Å². The molecule has 0 atom stereocenters. The van der Waals surface area contributed by atoms with Crippen LogP contribution < -0.4 is 4.74 Å². The Labute approximate surface area is 128 Å². The lowest BCUT2D eigenvalue weighted by atomic mass is 10.2. The quantitative estimate of drug-likeness (QED) is 0.665. The second-order valence-electron chi connectivity index (χ2n) is 5.09. The summed E-state index contributed by atoms with van der Waals surface area (Å²) in [7, 11) is 0.